The number of halogens is 1. The number of thioether (sulfide) groups is 1. The molecule has 1 aromatic carbocycles. The molecule has 0 atom stereocenters. The molecule has 0 saturated heterocycles. The van der Waals surface area contributed by atoms with Crippen molar-refractivity contribution in [2.75, 3.05) is 12.9 Å². The Labute approximate surface area is 166 Å². The van der Waals surface area contributed by atoms with E-state index in [-0.39, 0.29) is 11.7 Å². The van der Waals surface area contributed by atoms with E-state index in [2.05, 4.69) is 20.5 Å². The fourth-order valence-electron chi connectivity index (χ4n) is 2.36. The zero-order valence-electron chi connectivity index (χ0n) is 14.8. The first-order chi connectivity index (χ1) is 13.1. The number of methoxy groups -OCH3 is 1. The topological polar surface area (TPSA) is 81.9 Å². The number of amides is 1. The summed E-state index contributed by atoms with van der Waals surface area (Å²) >= 11 is 7.08. The fraction of sp³-hybridized carbons (Fsp3) is 0.222. The first-order valence-electron chi connectivity index (χ1n) is 8.13. The van der Waals surface area contributed by atoms with Crippen molar-refractivity contribution >= 4 is 29.3 Å². The lowest BCUT2D eigenvalue weighted by Gasteiger charge is -2.09. The Morgan fingerprint density at radius 3 is 2.67 bits per heavy atom. The van der Waals surface area contributed by atoms with Crippen molar-refractivity contribution in [3.05, 3.63) is 59.1 Å². The van der Waals surface area contributed by atoms with E-state index < -0.39 is 0 Å². The molecule has 3 aromatic rings. The maximum atomic E-state index is 12.1. The first kappa shape index (κ1) is 19.2. The number of carbonyl (C=O) groups excluding carboxylic acids is 1. The van der Waals surface area contributed by atoms with Gasteiger partial charge in [0.05, 0.1) is 12.9 Å². The number of nitrogens with one attached hydrogen (secondary N) is 1. The number of carbonyl (C=O) groups is 1. The molecule has 3 rings (SSSR count). The third-order valence-electron chi connectivity index (χ3n) is 3.74. The normalized spacial score (nSPS) is 10.6. The van der Waals surface area contributed by atoms with Crippen molar-refractivity contribution in [3.63, 3.8) is 0 Å². The van der Waals surface area contributed by atoms with Crippen molar-refractivity contribution in [2.24, 2.45) is 0 Å². The van der Waals surface area contributed by atoms with E-state index >= 15 is 0 Å². The average molecular weight is 404 g/mol. The molecular formula is C18H18ClN5O2S. The largest absolute Gasteiger partial charge is 0.497 e. The average Bonchev–Trinajstić information content (AvgIpc) is 3.06. The summed E-state index contributed by atoms with van der Waals surface area (Å²) in [7, 11) is 1.62. The van der Waals surface area contributed by atoms with Gasteiger partial charge in [-0.3, -0.25) is 9.36 Å². The van der Waals surface area contributed by atoms with Gasteiger partial charge in [-0.05, 0) is 42.8 Å². The summed E-state index contributed by atoms with van der Waals surface area (Å²) in [6, 6.07) is 11.1. The SMILES string of the molecule is COc1ccc(-n2c(C)nnc2SCC(=O)NCc2ccc(Cl)nc2)cc1. The van der Waals surface area contributed by atoms with Crippen LogP contribution in [0.2, 0.25) is 5.15 Å². The number of aryl methyl sites for hydroxylation is 1. The summed E-state index contributed by atoms with van der Waals surface area (Å²) < 4.78 is 7.09. The third-order valence-corrected chi connectivity index (χ3v) is 4.89. The van der Waals surface area contributed by atoms with Crippen molar-refractivity contribution in [3.8, 4) is 11.4 Å². The molecule has 0 aliphatic carbocycles. The maximum Gasteiger partial charge on any atom is 0.230 e. The Hall–Kier alpha value is -2.58. The Morgan fingerprint density at radius 1 is 1.22 bits per heavy atom. The number of hydrogen-bond donors (Lipinski definition) is 1. The number of pyridine rings is 1. The number of benzene rings is 1. The van der Waals surface area contributed by atoms with Gasteiger partial charge in [-0.15, -0.1) is 10.2 Å². The molecule has 0 spiro atoms. The van der Waals surface area contributed by atoms with Gasteiger partial charge in [0.15, 0.2) is 5.16 Å². The lowest BCUT2D eigenvalue weighted by Crippen LogP contribution is -2.24. The van der Waals surface area contributed by atoms with E-state index in [1.54, 1.807) is 19.4 Å². The molecule has 27 heavy (non-hydrogen) atoms. The molecule has 7 nitrogen and oxygen atoms in total. The van der Waals surface area contributed by atoms with Crippen molar-refractivity contribution in [1.82, 2.24) is 25.1 Å². The summed E-state index contributed by atoms with van der Waals surface area (Å²) in [5.41, 5.74) is 1.79. The predicted molar refractivity (Wildman–Crippen MR) is 104 cm³/mol. The summed E-state index contributed by atoms with van der Waals surface area (Å²) in [4.78, 5) is 16.1. The molecule has 0 bridgehead atoms. The van der Waals surface area contributed by atoms with Gasteiger partial charge in [0, 0.05) is 18.4 Å². The Kier molecular flexibility index (Phi) is 6.31. The van der Waals surface area contributed by atoms with Crippen LogP contribution in [0.15, 0.2) is 47.8 Å². The second-order valence-corrected chi connectivity index (χ2v) is 6.95. The lowest BCUT2D eigenvalue weighted by molar-refractivity contribution is -0.118. The molecule has 1 amide bonds. The van der Waals surface area contributed by atoms with Gasteiger partial charge in [0.1, 0.15) is 16.7 Å². The highest BCUT2D eigenvalue weighted by Crippen LogP contribution is 2.23. The quantitative estimate of drug-likeness (QED) is 0.482. The minimum absolute atomic E-state index is 0.100. The molecule has 0 aliphatic heterocycles. The van der Waals surface area contributed by atoms with Crippen LogP contribution in [0.1, 0.15) is 11.4 Å². The van der Waals surface area contributed by atoms with Crippen molar-refractivity contribution in [2.45, 2.75) is 18.6 Å². The van der Waals surface area contributed by atoms with Crippen LogP contribution in [-0.2, 0) is 11.3 Å². The number of aromatic nitrogens is 4. The second-order valence-electron chi connectivity index (χ2n) is 5.62. The highest BCUT2D eigenvalue weighted by Gasteiger charge is 2.13. The van der Waals surface area contributed by atoms with E-state index in [9.17, 15) is 4.79 Å². The van der Waals surface area contributed by atoms with Crippen molar-refractivity contribution < 1.29 is 9.53 Å². The van der Waals surface area contributed by atoms with E-state index in [4.69, 9.17) is 16.3 Å². The molecule has 0 saturated carbocycles. The highest BCUT2D eigenvalue weighted by molar-refractivity contribution is 7.99. The molecule has 1 N–H and O–H groups in total. The van der Waals surface area contributed by atoms with Gasteiger partial charge in [-0.2, -0.15) is 0 Å². The van der Waals surface area contributed by atoms with Crippen LogP contribution in [0.25, 0.3) is 5.69 Å². The lowest BCUT2D eigenvalue weighted by atomic mass is 10.3. The van der Waals surface area contributed by atoms with Crippen LogP contribution in [0.4, 0.5) is 0 Å². The third kappa shape index (κ3) is 4.99. The van der Waals surface area contributed by atoms with Crippen LogP contribution < -0.4 is 10.1 Å². The van der Waals surface area contributed by atoms with Crippen LogP contribution in [0, 0.1) is 6.92 Å². The predicted octanol–water partition coefficient (Wildman–Crippen LogP) is 3.04. The van der Waals surface area contributed by atoms with Crippen LogP contribution in [0.3, 0.4) is 0 Å². The molecule has 2 heterocycles. The van der Waals surface area contributed by atoms with E-state index in [0.717, 1.165) is 22.8 Å². The second kappa shape index (κ2) is 8.88. The molecular weight excluding hydrogens is 386 g/mol. The highest BCUT2D eigenvalue weighted by atomic mass is 35.5. The summed E-state index contributed by atoms with van der Waals surface area (Å²) in [5.74, 6) is 1.65. The molecule has 0 unspecified atom stereocenters. The van der Waals surface area contributed by atoms with Crippen LogP contribution in [0.5, 0.6) is 5.75 Å². The van der Waals surface area contributed by atoms with Gasteiger partial charge in [-0.25, -0.2) is 4.98 Å². The number of hydrogen-bond acceptors (Lipinski definition) is 6. The Balaban J connectivity index is 1.60. The molecule has 0 radical (unpaired) electrons. The molecule has 0 aliphatic rings. The number of rotatable bonds is 7. The molecule has 140 valence electrons. The van der Waals surface area contributed by atoms with Gasteiger partial charge in [-0.1, -0.05) is 29.4 Å². The van der Waals surface area contributed by atoms with E-state index in [0.29, 0.717) is 16.9 Å². The van der Waals surface area contributed by atoms with Gasteiger partial charge in [0.25, 0.3) is 0 Å². The fourth-order valence-corrected chi connectivity index (χ4v) is 3.30. The maximum absolute atomic E-state index is 12.1. The minimum Gasteiger partial charge on any atom is -0.497 e. The Morgan fingerprint density at radius 2 is 2.00 bits per heavy atom. The standard InChI is InChI=1S/C18H18ClN5O2S/c1-12-22-23-18(24(12)14-4-6-15(26-2)7-5-14)27-11-17(25)21-10-13-3-8-16(19)20-9-13/h3-9H,10-11H2,1-2H3,(H,21,25). The molecule has 0 fully saturated rings. The summed E-state index contributed by atoms with van der Waals surface area (Å²) in [5, 5.41) is 12.2. The first-order valence-corrected chi connectivity index (χ1v) is 9.49. The van der Waals surface area contributed by atoms with E-state index in [1.165, 1.54) is 11.8 Å². The zero-order chi connectivity index (χ0) is 19.2. The summed E-state index contributed by atoms with van der Waals surface area (Å²) in [6.45, 7) is 2.27. The van der Waals surface area contributed by atoms with E-state index in [1.807, 2.05) is 41.8 Å². The smallest absolute Gasteiger partial charge is 0.230 e. The number of ether oxygens (including phenoxy) is 1. The summed E-state index contributed by atoms with van der Waals surface area (Å²) in [6.07, 6.45) is 1.64. The van der Waals surface area contributed by atoms with Crippen LogP contribution >= 0.6 is 23.4 Å². The Bertz CT molecular complexity index is 913. The van der Waals surface area contributed by atoms with Gasteiger partial charge in [0.2, 0.25) is 5.91 Å². The zero-order valence-corrected chi connectivity index (χ0v) is 16.4. The monoisotopic (exact) mass is 403 g/mol. The molecule has 2 aromatic heterocycles. The van der Waals surface area contributed by atoms with Gasteiger partial charge < -0.3 is 10.1 Å². The van der Waals surface area contributed by atoms with Crippen molar-refractivity contribution in [1.29, 1.82) is 0 Å². The minimum atomic E-state index is -0.100. The molecule has 9 heteroatoms. The number of nitrogens with zero attached hydrogens (tertiary/aromatic N) is 4. The van der Waals surface area contributed by atoms with Crippen LogP contribution in [-0.4, -0.2) is 38.5 Å². The van der Waals surface area contributed by atoms with Gasteiger partial charge >= 0.3 is 0 Å².